The van der Waals surface area contributed by atoms with E-state index in [2.05, 4.69) is 5.32 Å². The Hall–Kier alpha value is -1.22. The first-order chi connectivity index (χ1) is 5.77. The summed E-state index contributed by atoms with van der Waals surface area (Å²) in [4.78, 5) is 0. The molecule has 0 amide bonds. The van der Waals surface area contributed by atoms with Gasteiger partial charge in [0.1, 0.15) is 11.5 Å². The summed E-state index contributed by atoms with van der Waals surface area (Å²) in [5.74, 6) is 0.460. The summed E-state index contributed by atoms with van der Waals surface area (Å²) in [6, 6.07) is 4.83. The Bertz CT molecular complexity index is 295. The normalized spacial score (nSPS) is 21.8. The Morgan fingerprint density at radius 1 is 1.33 bits per heavy atom. The fraction of sp³-hybridized carbons (Fsp3) is 0.333. The molecule has 1 aromatic carbocycles. The van der Waals surface area contributed by atoms with Gasteiger partial charge in [-0.3, -0.25) is 0 Å². The van der Waals surface area contributed by atoms with Crippen LogP contribution in [-0.4, -0.2) is 16.8 Å². The van der Waals surface area contributed by atoms with E-state index in [-0.39, 0.29) is 17.5 Å². The molecule has 1 saturated heterocycles. The van der Waals surface area contributed by atoms with Crippen LogP contribution in [0.15, 0.2) is 18.2 Å². The zero-order valence-corrected chi connectivity index (χ0v) is 6.62. The molecule has 0 spiro atoms. The van der Waals surface area contributed by atoms with Crippen LogP contribution in [0, 0.1) is 0 Å². The molecule has 1 heterocycles. The number of nitrogens with one attached hydrogen (secondary N) is 1. The lowest BCUT2D eigenvalue weighted by molar-refractivity contribution is 0.362. The van der Waals surface area contributed by atoms with Gasteiger partial charge < -0.3 is 15.5 Å². The quantitative estimate of drug-likeness (QED) is 0.547. The molecule has 0 unspecified atom stereocenters. The maximum absolute atomic E-state index is 9.42. The van der Waals surface area contributed by atoms with Crippen molar-refractivity contribution >= 4 is 0 Å². The molecule has 0 aromatic heterocycles. The van der Waals surface area contributed by atoms with Gasteiger partial charge in [-0.1, -0.05) is 0 Å². The Balaban J connectivity index is 2.34. The van der Waals surface area contributed by atoms with Gasteiger partial charge in [-0.25, -0.2) is 0 Å². The van der Waals surface area contributed by atoms with Gasteiger partial charge in [0.25, 0.3) is 0 Å². The highest BCUT2D eigenvalue weighted by atomic mass is 16.3. The van der Waals surface area contributed by atoms with Crippen molar-refractivity contribution in [2.24, 2.45) is 0 Å². The van der Waals surface area contributed by atoms with Crippen molar-refractivity contribution in [2.75, 3.05) is 6.54 Å². The van der Waals surface area contributed by atoms with Crippen molar-refractivity contribution in [2.45, 2.75) is 12.5 Å². The van der Waals surface area contributed by atoms with Crippen molar-refractivity contribution in [3.63, 3.8) is 0 Å². The summed E-state index contributed by atoms with van der Waals surface area (Å²) in [6.07, 6.45) is 1.02. The zero-order chi connectivity index (χ0) is 8.55. The van der Waals surface area contributed by atoms with Crippen LogP contribution in [-0.2, 0) is 0 Å². The standard InChI is InChI=1S/C9H11NO2/c11-6-1-2-9(12)7(5-6)8-3-4-10-8/h1-2,5,8,10-12H,3-4H2/t8-/m0/s1. The summed E-state index contributed by atoms with van der Waals surface area (Å²) in [6.45, 7) is 0.986. The predicted molar refractivity (Wildman–Crippen MR) is 45.1 cm³/mol. The minimum absolute atomic E-state index is 0.205. The second-order valence-corrected chi connectivity index (χ2v) is 3.04. The van der Waals surface area contributed by atoms with E-state index >= 15 is 0 Å². The summed E-state index contributed by atoms with van der Waals surface area (Å²) in [5.41, 5.74) is 0.793. The van der Waals surface area contributed by atoms with Crippen LogP contribution in [0.2, 0.25) is 0 Å². The van der Waals surface area contributed by atoms with Crippen molar-refractivity contribution < 1.29 is 10.2 Å². The van der Waals surface area contributed by atoms with Crippen LogP contribution >= 0.6 is 0 Å². The second kappa shape index (κ2) is 2.68. The summed E-state index contributed by atoms with van der Waals surface area (Å²) >= 11 is 0. The van der Waals surface area contributed by atoms with Gasteiger partial charge in [0.2, 0.25) is 0 Å². The molecule has 3 nitrogen and oxygen atoms in total. The molecule has 0 bridgehead atoms. The van der Waals surface area contributed by atoms with Gasteiger partial charge in [0.15, 0.2) is 0 Å². The van der Waals surface area contributed by atoms with Gasteiger partial charge >= 0.3 is 0 Å². The van der Waals surface area contributed by atoms with E-state index in [1.54, 1.807) is 6.07 Å². The van der Waals surface area contributed by atoms with Crippen molar-refractivity contribution in [3.8, 4) is 11.5 Å². The highest BCUT2D eigenvalue weighted by Crippen LogP contribution is 2.32. The van der Waals surface area contributed by atoms with E-state index in [0.717, 1.165) is 18.5 Å². The SMILES string of the molecule is Oc1ccc(O)c([C@@H]2CCN2)c1. The average molecular weight is 165 g/mol. The van der Waals surface area contributed by atoms with Gasteiger partial charge in [0.05, 0.1) is 0 Å². The summed E-state index contributed by atoms with van der Waals surface area (Å²) < 4.78 is 0. The van der Waals surface area contributed by atoms with E-state index in [9.17, 15) is 5.11 Å². The maximum Gasteiger partial charge on any atom is 0.120 e. The van der Waals surface area contributed by atoms with Crippen LogP contribution < -0.4 is 5.32 Å². The molecule has 0 saturated carbocycles. The molecular formula is C9H11NO2. The Labute approximate surface area is 70.7 Å². The van der Waals surface area contributed by atoms with E-state index in [0.29, 0.717) is 0 Å². The van der Waals surface area contributed by atoms with E-state index in [1.807, 2.05) is 0 Å². The van der Waals surface area contributed by atoms with Crippen LogP contribution in [0.4, 0.5) is 0 Å². The largest absolute Gasteiger partial charge is 0.508 e. The minimum atomic E-state index is 0.205. The first kappa shape index (κ1) is 7.43. The second-order valence-electron chi connectivity index (χ2n) is 3.04. The monoisotopic (exact) mass is 165 g/mol. The molecule has 1 fully saturated rings. The Kier molecular flexibility index (Phi) is 1.66. The molecule has 0 radical (unpaired) electrons. The maximum atomic E-state index is 9.42. The number of hydrogen-bond acceptors (Lipinski definition) is 3. The Morgan fingerprint density at radius 2 is 2.08 bits per heavy atom. The number of phenols is 2. The first-order valence-electron chi connectivity index (χ1n) is 4.02. The Morgan fingerprint density at radius 3 is 2.67 bits per heavy atom. The van der Waals surface area contributed by atoms with Crippen molar-refractivity contribution in [1.82, 2.24) is 5.32 Å². The van der Waals surface area contributed by atoms with Crippen LogP contribution in [0.5, 0.6) is 11.5 Å². The first-order valence-corrected chi connectivity index (χ1v) is 4.02. The smallest absolute Gasteiger partial charge is 0.120 e. The molecule has 3 heteroatoms. The van der Waals surface area contributed by atoms with Gasteiger partial charge in [-0.15, -0.1) is 0 Å². The fourth-order valence-electron chi connectivity index (χ4n) is 1.38. The molecule has 64 valence electrons. The molecule has 12 heavy (non-hydrogen) atoms. The topological polar surface area (TPSA) is 52.5 Å². The average Bonchev–Trinajstić information content (AvgIpc) is 1.93. The van der Waals surface area contributed by atoms with E-state index < -0.39 is 0 Å². The summed E-state index contributed by atoms with van der Waals surface area (Å²) in [7, 11) is 0. The van der Waals surface area contributed by atoms with Crippen molar-refractivity contribution in [3.05, 3.63) is 23.8 Å². The van der Waals surface area contributed by atoms with Crippen molar-refractivity contribution in [1.29, 1.82) is 0 Å². The van der Waals surface area contributed by atoms with Crippen LogP contribution in [0.1, 0.15) is 18.0 Å². The minimum Gasteiger partial charge on any atom is -0.508 e. The fourth-order valence-corrected chi connectivity index (χ4v) is 1.38. The number of benzene rings is 1. The van der Waals surface area contributed by atoms with Gasteiger partial charge in [-0.2, -0.15) is 0 Å². The third-order valence-electron chi connectivity index (χ3n) is 2.21. The molecule has 0 aliphatic carbocycles. The lowest BCUT2D eigenvalue weighted by Gasteiger charge is -2.28. The number of phenolic OH excluding ortho intramolecular Hbond substituents is 2. The molecule has 1 aliphatic rings. The van der Waals surface area contributed by atoms with Crippen LogP contribution in [0.3, 0.4) is 0 Å². The molecule has 1 atom stereocenters. The zero-order valence-electron chi connectivity index (χ0n) is 6.62. The third kappa shape index (κ3) is 1.12. The van der Waals surface area contributed by atoms with E-state index in [4.69, 9.17) is 5.11 Å². The molecule has 3 N–H and O–H groups in total. The van der Waals surface area contributed by atoms with Gasteiger partial charge in [0, 0.05) is 11.6 Å². The lowest BCUT2D eigenvalue weighted by atomic mass is 9.97. The number of aromatic hydroxyl groups is 2. The third-order valence-corrected chi connectivity index (χ3v) is 2.21. The highest BCUT2D eigenvalue weighted by Gasteiger charge is 2.21. The van der Waals surface area contributed by atoms with Crippen LogP contribution in [0.25, 0.3) is 0 Å². The predicted octanol–water partition coefficient (Wildman–Crippen LogP) is 1.13. The highest BCUT2D eigenvalue weighted by molar-refractivity contribution is 5.41. The lowest BCUT2D eigenvalue weighted by Crippen LogP contribution is -2.34. The summed E-state index contributed by atoms with van der Waals surface area (Å²) in [5, 5.41) is 21.7. The molecule has 2 rings (SSSR count). The van der Waals surface area contributed by atoms with E-state index in [1.165, 1.54) is 12.1 Å². The number of rotatable bonds is 1. The molecule has 1 aromatic rings. The van der Waals surface area contributed by atoms with Gasteiger partial charge in [-0.05, 0) is 31.2 Å². The molecule has 1 aliphatic heterocycles. The number of hydrogen-bond donors (Lipinski definition) is 3. The molecular weight excluding hydrogens is 154 g/mol.